The fourth-order valence-electron chi connectivity index (χ4n) is 2.58. The Hall–Kier alpha value is -1.08. The van der Waals surface area contributed by atoms with E-state index >= 15 is 0 Å². The van der Waals surface area contributed by atoms with Gasteiger partial charge in [0, 0.05) is 25.8 Å². The number of piperidine rings is 1. The summed E-state index contributed by atoms with van der Waals surface area (Å²) >= 11 is 0. The second kappa shape index (κ2) is 5.37. The predicted octanol–water partition coefficient (Wildman–Crippen LogP) is 2.31. The van der Waals surface area contributed by atoms with E-state index in [4.69, 9.17) is 0 Å². The van der Waals surface area contributed by atoms with Crippen LogP contribution in [0, 0.1) is 0 Å². The molecular formula is C13H20F3N3O. The van der Waals surface area contributed by atoms with Crippen LogP contribution in [-0.4, -0.2) is 45.0 Å². The summed E-state index contributed by atoms with van der Waals surface area (Å²) in [7, 11) is 0. The summed E-state index contributed by atoms with van der Waals surface area (Å²) in [5, 5.41) is 13.4. The molecule has 0 radical (unpaired) electrons. The summed E-state index contributed by atoms with van der Waals surface area (Å²) in [6.07, 6.45) is -1.49. The van der Waals surface area contributed by atoms with Gasteiger partial charge in [0.2, 0.25) is 0 Å². The average Bonchev–Trinajstić information content (AvgIpc) is 2.76. The van der Waals surface area contributed by atoms with Crippen molar-refractivity contribution < 1.29 is 18.3 Å². The molecule has 1 aliphatic heterocycles. The van der Waals surface area contributed by atoms with Crippen molar-refractivity contribution in [3.63, 3.8) is 0 Å². The maximum Gasteiger partial charge on any atom is 0.435 e. The molecule has 0 bridgehead atoms. The highest BCUT2D eigenvalue weighted by Crippen LogP contribution is 2.29. The molecule has 1 aliphatic rings. The van der Waals surface area contributed by atoms with Gasteiger partial charge in [-0.25, -0.2) is 0 Å². The molecule has 7 heteroatoms. The first-order valence-electron chi connectivity index (χ1n) is 6.72. The van der Waals surface area contributed by atoms with Crippen molar-refractivity contribution in [2.75, 3.05) is 19.6 Å². The number of likely N-dealkylation sites (tertiary alicyclic amines) is 1. The van der Waals surface area contributed by atoms with E-state index < -0.39 is 17.5 Å². The third kappa shape index (κ3) is 3.96. The SMILES string of the molecule is CC(C)(O)CN1CCC(n2ccc(C(F)(F)F)n2)CC1. The van der Waals surface area contributed by atoms with E-state index in [-0.39, 0.29) is 6.04 Å². The van der Waals surface area contributed by atoms with Crippen molar-refractivity contribution in [1.29, 1.82) is 0 Å². The van der Waals surface area contributed by atoms with Gasteiger partial charge in [0.1, 0.15) is 0 Å². The Balaban J connectivity index is 1.92. The molecule has 1 fully saturated rings. The highest BCUT2D eigenvalue weighted by atomic mass is 19.4. The molecule has 1 saturated heterocycles. The molecule has 114 valence electrons. The molecule has 0 aromatic carbocycles. The lowest BCUT2D eigenvalue weighted by Crippen LogP contribution is -2.43. The van der Waals surface area contributed by atoms with Gasteiger partial charge in [-0.1, -0.05) is 0 Å². The zero-order chi connectivity index (χ0) is 15.0. The van der Waals surface area contributed by atoms with Crippen LogP contribution in [0.4, 0.5) is 13.2 Å². The Bertz CT molecular complexity index is 442. The van der Waals surface area contributed by atoms with Crippen LogP contribution >= 0.6 is 0 Å². The molecule has 0 unspecified atom stereocenters. The normalized spacial score (nSPS) is 19.5. The Labute approximate surface area is 116 Å². The summed E-state index contributed by atoms with van der Waals surface area (Å²) in [5.41, 5.74) is -1.58. The number of halogens is 3. The third-order valence-electron chi connectivity index (χ3n) is 3.44. The van der Waals surface area contributed by atoms with Crippen LogP contribution in [0.3, 0.4) is 0 Å². The largest absolute Gasteiger partial charge is 0.435 e. The molecule has 0 aliphatic carbocycles. The van der Waals surface area contributed by atoms with Gasteiger partial charge in [-0.15, -0.1) is 0 Å². The maximum absolute atomic E-state index is 12.5. The average molecular weight is 291 g/mol. The summed E-state index contributed by atoms with van der Waals surface area (Å²) in [6, 6.07) is 1.02. The fourth-order valence-corrected chi connectivity index (χ4v) is 2.58. The van der Waals surface area contributed by atoms with E-state index in [0.717, 1.165) is 32.0 Å². The van der Waals surface area contributed by atoms with Gasteiger partial charge < -0.3 is 10.0 Å². The molecule has 4 nitrogen and oxygen atoms in total. The molecule has 1 N–H and O–H groups in total. The lowest BCUT2D eigenvalue weighted by molar-refractivity contribution is -0.141. The van der Waals surface area contributed by atoms with E-state index in [1.807, 2.05) is 0 Å². The van der Waals surface area contributed by atoms with Gasteiger partial charge in [-0.2, -0.15) is 18.3 Å². The minimum atomic E-state index is -4.38. The van der Waals surface area contributed by atoms with Crippen LogP contribution in [0.15, 0.2) is 12.3 Å². The minimum Gasteiger partial charge on any atom is -0.389 e. The minimum absolute atomic E-state index is 0.00385. The van der Waals surface area contributed by atoms with Crippen LogP contribution in [-0.2, 0) is 6.18 Å². The van der Waals surface area contributed by atoms with Crippen LogP contribution < -0.4 is 0 Å². The fraction of sp³-hybridized carbons (Fsp3) is 0.769. The van der Waals surface area contributed by atoms with Crippen molar-refractivity contribution in [2.24, 2.45) is 0 Å². The standard InChI is InChI=1S/C13H20F3N3O/c1-12(2,20)9-18-6-3-10(4-7-18)19-8-5-11(17-19)13(14,15)16/h5,8,10,20H,3-4,6-7,9H2,1-2H3. The number of rotatable bonds is 3. The van der Waals surface area contributed by atoms with Gasteiger partial charge in [0.05, 0.1) is 11.6 Å². The van der Waals surface area contributed by atoms with Gasteiger partial charge in [-0.3, -0.25) is 4.68 Å². The number of aromatic nitrogens is 2. The Morgan fingerprint density at radius 1 is 1.30 bits per heavy atom. The second-order valence-electron chi connectivity index (χ2n) is 6.00. The number of nitrogens with zero attached hydrogens (tertiary/aromatic N) is 3. The highest BCUT2D eigenvalue weighted by Gasteiger charge is 2.34. The quantitative estimate of drug-likeness (QED) is 0.929. The molecule has 0 saturated carbocycles. The summed E-state index contributed by atoms with van der Waals surface area (Å²) in [5.74, 6) is 0. The van der Waals surface area contributed by atoms with Gasteiger partial charge in [-0.05, 0) is 32.8 Å². The van der Waals surface area contributed by atoms with Crippen LogP contribution in [0.2, 0.25) is 0 Å². The Kier molecular flexibility index (Phi) is 4.11. The second-order valence-corrected chi connectivity index (χ2v) is 6.00. The monoisotopic (exact) mass is 291 g/mol. The molecule has 0 spiro atoms. The number of hydrogen-bond donors (Lipinski definition) is 1. The smallest absolute Gasteiger partial charge is 0.389 e. The zero-order valence-electron chi connectivity index (χ0n) is 11.7. The van der Waals surface area contributed by atoms with Crippen LogP contribution in [0.1, 0.15) is 38.4 Å². The number of hydrogen-bond acceptors (Lipinski definition) is 3. The molecule has 0 amide bonds. The van der Waals surface area contributed by atoms with Crippen LogP contribution in [0.5, 0.6) is 0 Å². The Morgan fingerprint density at radius 2 is 1.90 bits per heavy atom. The maximum atomic E-state index is 12.5. The number of aliphatic hydroxyl groups is 1. The first-order valence-corrected chi connectivity index (χ1v) is 6.72. The van der Waals surface area contributed by atoms with Crippen molar-refractivity contribution in [3.8, 4) is 0 Å². The topological polar surface area (TPSA) is 41.3 Å². The summed E-state index contributed by atoms with van der Waals surface area (Å²) in [6.45, 7) is 5.60. The molecule has 2 heterocycles. The molecular weight excluding hydrogens is 271 g/mol. The third-order valence-corrected chi connectivity index (χ3v) is 3.44. The van der Waals surface area contributed by atoms with E-state index in [9.17, 15) is 18.3 Å². The van der Waals surface area contributed by atoms with Gasteiger partial charge >= 0.3 is 6.18 Å². The Morgan fingerprint density at radius 3 is 2.35 bits per heavy atom. The molecule has 1 aromatic heterocycles. The van der Waals surface area contributed by atoms with Crippen molar-refractivity contribution >= 4 is 0 Å². The molecule has 20 heavy (non-hydrogen) atoms. The lowest BCUT2D eigenvalue weighted by atomic mass is 10.0. The summed E-state index contributed by atoms with van der Waals surface area (Å²) < 4.78 is 38.9. The zero-order valence-corrected chi connectivity index (χ0v) is 11.7. The van der Waals surface area contributed by atoms with Gasteiger partial charge in [0.25, 0.3) is 0 Å². The summed E-state index contributed by atoms with van der Waals surface area (Å²) in [4.78, 5) is 2.13. The van der Waals surface area contributed by atoms with E-state index in [1.54, 1.807) is 13.8 Å². The predicted molar refractivity (Wildman–Crippen MR) is 68.2 cm³/mol. The highest BCUT2D eigenvalue weighted by molar-refractivity contribution is 5.04. The first-order chi connectivity index (χ1) is 9.15. The van der Waals surface area contributed by atoms with E-state index in [0.29, 0.717) is 6.54 Å². The molecule has 0 atom stereocenters. The van der Waals surface area contributed by atoms with Crippen LogP contribution in [0.25, 0.3) is 0 Å². The van der Waals surface area contributed by atoms with Crippen molar-refractivity contribution in [2.45, 2.75) is 44.5 Å². The number of β-amino-alcohol motifs (C(OH)–C–C–N with tert-alkyl or cyclic N) is 1. The van der Waals surface area contributed by atoms with Crippen molar-refractivity contribution in [1.82, 2.24) is 14.7 Å². The molecule has 2 rings (SSSR count). The lowest BCUT2D eigenvalue weighted by Gasteiger charge is -2.35. The molecule has 1 aromatic rings. The number of alkyl halides is 3. The van der Waals surface area contributed by atoms with E-state index in [2.05, 4.69) is 10.00 Å². The van der Waals surface area contributed by atoms with Crippen molar-refractivity contribution in [3.05, 3.63) is 18.0 Å². The van der Waals surface area contributed by atoms with Gasteiger partial charge in [0.15, 0.2) is 5.69 Å². The first kappa shape index (κ1) is 15.3. The van der Waals surface area contributed by atoms with E-state index in [1.165, 1.54) is 10.9 Å².